The van der Waals surface area contributed by atoms with Crippen LogP contribution in [0.1, 0.15) is 45.1 Å². The number of hydrogen-bond acceptors (Lipinski definition) is 2. The molecule has 2 unspecified atom stereocenters. The van der Waals surface area contributed by atoms with E-state index in [0.29, 0.717) is 5.92 Å². The fourth-order valence-corrected chi connectivity index (χ4v) is 2.46. The molecule has 0 aromatic heterocycles. The number of rotatable bonds is 8. The van der Waals surface area contributed by atoms with Gasteiger partial charge in [0.1, 0.15) is 0 Å². The predicted molar refractivity (Wildman–Crippen MR) is 77.9 cm³/mol. The molecule has 1 aromatic carbocycles. The normalized spacial score (nSPS) is 14.2. The van der Waals surface area contributed by atoms with Crippen LogP contribution in [0.4, 0.5) is 4.39 Å². The van der Waals surface area contributed by atoms with E-state index in [1.165, 1.54) is 26.0 Å². The van der Waals surface area contributed by atoms with Crippen LogP contribution in [0.15, 0.2) is 18.2 Å². The van der Waals surface area contributed by atoms with Crippen LogP contribution in [0, 0.1) is 11.7 Å². The topological polar surface area (TPSA) is 35.2 Å². The second kappa shape index (κ2) is 8.16. The molecule has 19 heavy (non-hydrogen) atoms. The Morgan fingerprint density at radius 2 is 2.05 bits per heavy atom. The molecule has 0 aliphatic heterocycles. The molecule has 0 bridgehead atoms. The monoisotopic (exact) mass is 267 g/mol. The summed E-state index contributed by atoms with van der Waals surface area (Å²) in [6.45, 7) is 4.37. The average Bonchev–Trinajstić information content (AvgIpc) is 2.40. The van der Waals surface area contributed by atoms with Gasteiger partial charge in [0.05, 0.1) is 7.11 Å². The lowest BCUT2D eigenvalue weighted by molar-refractivity contribution is 0.367. The van der Waals surface area contributed by atoms with Crippen molar-refractivity contribution in [3.63, 3.8) is 0 Å². The first-order valence-corrected chi connectivity index (χ1v) is 7.20. The largest absolute Gasteiger partial charge is 0.494 e. The van der Waals surface area contributed by atoms with Crippen LogP contribution in [0.25, 0.3) is 0 Å². The van der Waals surface area contributed by atoms with Gasteiger partial charge in [0.15, 0.2) is 11.6 Å². The Kier molecular flexibility index (Phi) is 6.85. The van der Waals surface area contributed by atoms with Crippen molar-refractivity contribution in [3.8, 4) is 5.75 Å². The van der Waals surface area contributed by atoms with Crippen molar-refractivity contribution in [2.45, 2.75) is 52.0 Å². The van der Waals surface area contributed by atoms with Gasteiger partial charge in [0.2, 0.25) is 0 Å². The van der Waals surface area contributed by atoms with Gasteiger partial charge in [-0.3, -0.25) is 0 Å². The Morgan fingerprint density at radius 1 is 1.32 bits per heavy atom. The number of methoxy groups -OCH3 is 1. The van der Waals surface area contributed by atoms with Crippen molar-refractivity contribution in [3.05, 3.63) is 29.6 Å². The Hall–Kier alpha value is -1.09. The van der Waals surface area contributed by atoms with Gasteiger partial charge < -0.3 is 10.5 Å². The van der Waals surface area contributed by atoms with Crippen LogP contribution < -0.4 is 10.5 Å². The van der Waals surface area contributed by atoms with Gasteiger partial charge in [0, 0.05) is 6.04 Å². The lowest BCUT2D eigenvalue weighted by atomic mass is 9.88. The first-order valence-electron chi connectivity index (χ1n) is 7.20. The fraction of sp³-hybridized carbons (Fsp3) is 0.625. The van der Waals surface area contributed by atoms with Gasteiger partial charge in [-0.15, -0.1) is 0 Å². The van der Waals surface area contributed by atoms with Crippen molar-refractivity contribution >= 4 is 0 Å². The zero-order chi connectivity index (χ0) is 14.3. The third-order valence-corrected chi connectivity index (χ3v) is 3.75. The van der Waals surface area contributed by atoms with Gasteiger partial charge >= 0.3 is 0 Å². The van der Waals surface area contributed by atoms with Crippen LogP contribution in [-0.2, 0) is 6.42 Å². The molecular formula is C16H26FNO. The van der Waals surface area contributed by atoms with Gasteiger partial charge in [-0.2, -0.15) is 0 Å². The zero-order valence-electron chi connectivity index (χ0n) is 12.3. The van der Waals surface area contributed by atoms with Crippen LogP contribution in [-0.4, -0.2) is 13.2 Å². The molecule has 1 rings (SSSR count). The number of benzene rings is 1. The number of nitrogens with two attached hydrogens (primary N) is 1. The van der Waals surface area contributed by atoms with E-state index in [0.717, 1.165) is 24.8 Å². The first kappa shape index (κ1) is 16.0. The summed E-state index contributed by atoms with van der Waals surface area (Å²) in [5.74, 6) is 0.495. The van der Waals surface area contributed by atoms with E-state index in [1.54, 1.807) is 6.07 Å². The molecule has 0 amide bonds. The predicted octanol–water partition coefficient (Wildman–Crippen LogP) is 3.92. The number of ether oxygens (including phenoxy) is 1. The minimum atomic E-state index is -0.311. The second-order valence-corrected chi connectivity index (χ2v) is 5.15. The summed E-state index contributed by atoms with van der Waals surface area (Å²) in [6, 6.07) is 5.20. The highest BCUT2D eigenvalue weighted by molar-refractivity contribution is 5.29. The van der Waals surface area contributed by atoms with Crippen molar-refractivity contribution in [2.24, 2.45) is 11.7 Å². The highest BCUT2D eigenvalue weighted by Gasteiger charge is 2.16. The molecule has 108 valence electrons. The van der Waals surface area contributed by atoms with Crippen molar-refractivity contribution in [1.29, 1.82) is 0 Å². The van der Waals surface area contributed by atoms with Gasteiger partial charge in [0.25, 0.3) is 0 Å². The molecule has 2 nitrogen and oxygen atoms in total. The summed E-state index contributed by atoms with van der Waals surface area (Å²) < 4.78 is 18.5. The number of hydrogen-bond donors (Lipinski definition) is 1. The smallest absolute Gasteiger partial charge is 0.165 e. The summed E-state index contributed by atoms with van der Waals surface area (Å²) >= 11 is 0. The van der Waals surface area contributed by atoms with Gasteiger partial charge in [-0.25, -0.2) is 4.39 Å². The first-order chi connectivity index (χ1) is 9.12. The van der Waals surface area contributed by atoms with E-state index in [1.807, 2.05) is 6.07 Å². The quantitative estimate of drug-likeness (QED) is 0.774. The molecule has 0 heterocycles. The second-order valence-electron chi connectivity index (χ2n) is 5.15. The minimum Gasteiger partial charge on any atom is -0.494 e. The third-order valence-electron chi connectivity index (χ3n) is 3.75. The lowest BCUT2D eigenvalue weighted by Crippen LogP contribution is -2.32. The zero-order valence-corrected chi connectivity index (χ0v) is 12.3. The van der Waals surface area contributed by atoms with E-state index >= 15 is 0 Å². The van der Waals surface area contributed by atoms with E-state index in [-0.39, 0.29) is 17.6 Å². The summed E-state index contributed by atoms with van der Waals surface area (Å²) in [5.41, 5.74) is 7.21. The fourth-order valence-electron chi connectivity index (χ4n) is 2.46. The van der Waals surface area contributed by atoms with Crippen molar-refractivity contribution in [1.82, 2.24) is 0 Å². The Labute approximate surface area is 116 Å². The Morgan fingerprint density at radius 3 is 2.58 bits per heavy atom. The van der Waals surface area contributed by atoms with Crippen LogP contribution in [0.5, 0.6) is 5.75 Å². The molecule has 0 radical (unpaired) electrons. The molecular weight excluding hydrogens is 241 g/mol. The molecule has 2 N–H and O–H groups in total. The van der Waals surface area contributed by atoms with E-state index < -0.39 is 0 Å². The molecule has 3 heteroatoms. The molecule has 2 atom stereocenters. The maximum absolute atomic E-state index is 13.6. The molecule has 1 aromatic rings. The van der Waals surface area contributed by atoms with E-state index in [9.17, 15) is 4.39 Å². The number of unbranched alkanes of at least 4 members (excludes halogenated alkanes) is 1. The average molecular weight is 267 g/mol. The molecule has 0 spiro atoms. The maximum Gasteiger partial charge on any atom is 0.165 e. The SMILES string of the molecule is CCCCC(CC)C(N)Cc1ccc(OC)c(F)c1. The summed E-state index contributed by atoms with van der Waals surface area (Å²) in [5, 5.41) is 0. The third kappa shape index (κ3) is 4.83. The lowest BCUT2D eigenvalue weighted by Gasteiger charge is -2.22. The highest BCUT2D eigenvalue weighted by Crippen LogP contribution is 2.22. The van der Waals surface area contributed by atoms with Gasteiger partial charge in [-0.1, -0.05) is 39.2 Å². The summed E-state index contributed by atoms with van der Waals surface area (Å²) in [6.07, 6.45) is 5.37. The minimum absolute atomic E-state index is 0.101. The highest BCUT2D eigenvalue weighted by atomic mass is 19.1. The van der Waals surface area contributed by atoms with Crippen molar-refractivity contribution < 1.29 is 9.13 Å². The molecule has 0 saturated carbocycles. The maximum atomic E-state index is 13.6. The summed E-state index contributed by atoms with van der Waals surface area (Å²) in [7, 11) is 1.47. The molecule has 0 aliphatic rings. The summed E-state index contributed by atoms with van der Waals surface area (Å²) in [4.78, 5) is 0. The Balaban J connectivity index is 2.64. The standard InChI is InChI=1S/C16H26FNO/c1-4-6-7-13(5-2)15(18)11-12-8-9-16(19-3)14(17)10-12/h8-10,13,15H,4-7,11,18H2,1-3H3. The Bertz CT molecular complexity index is 381. The van der Waals surface area contributed by atoms with E-state index in [4.69, 9.17) is 10.5 Å². The van der Waals surface area contributed by atoms with Gasteiger partial charge in [-0.05, 0) is 36.5 Å². The molecule has 0 fully saturated rings. The van der Waals surface area contributed by atoms with E-state index in [2.05, 4.69) is 13.8 Å². The molecule has 0 aliphatic carbocycles. The van der Waals surface area contributed by atoms with Crippen LogP contribution in [0.3, 0.4) is 0 Å². The van der Waals surface area contributed by atoms with Crippen LogP contribution in [0.2, 0.25) is 0 Å². The molecule has 0 saturated heterocycles. The number of halogens is 1. The van der Waals surface area contributed by atoms with Crippen molar-refractivity contribution in [2.75, 3.05) is 7.11 Å². The van der Waals surface area contributed by atoms with Crippen LogP contribution >= 0.6 is 0 Å².